The summed E-state index contributed by atoms with van der Waals surface area (Å²) in [6.07, 6.45) is 1.88. The van der Waals surface area contributed by atoms with Gasteiger partial charge < -0.3 is 4.74 Å². The monoisotopic (exact) mass is 417 g/mol. The van der Waals surface area contributed by atoms with Crippen molar-refractivity contribution < 1.29 is 14.5 Å². The maximum atomic E-state index is 11.8. The van der Waals surface area contributed by atoms with Gasteiger partial charge in [0.1, 0.15) is 11.9 Å². The first-order chi connectivity index (χ1) is 13.6. The van der Waals surface area contributed by atoms with E-state index < -0.39 is 4.92 Å². The van der Waals surface area contributed by atoms with E-state index in [2.05, 4.69) is 10.5 Å². The van der Waals surface area contributed by atoms with Gasteiger partial charge in [0, 0.05) is 29.4 Å². The number of ether oxygens (including phenoxy) is 1. The van der Waals surface area contributed by atoms with E-state index in [1.54, 1.807) is 18.3 Å². The molecule has 1 amide bonds. The Labute approximate surface area is 171 Å². The summed E-state index contributed by atoms with van der Waals surface area (Å²) in [6.45, 7) is 0. The lowest BCUT2D eigenvalue weighted by Crippen LogP contribution is -2.30. The molecule has 1 aliphatic heterocycles. The fourth-order valence-electron chi connectivity index (χ4n) is 2.34. The number of carbonyl (C=O) groups excluding carboxylic acids is 1. The van der Waals surface area contributed by atoms with Crippen LogP contribution in [0.3, 0.4) is 0 Å². The second-order valence-corrected chi connectivity index (χ2v) is 8.12. The maximum absolute atomic E-state index is 11.8. The first-order valence-electron chi connectivity index (χ1n) is 8.57. The normalized spacial score (nSPS) is 13.9. The molecular weight excluding hydrogens is 398 g/mol. The third-order valence-electron chi connectivity index (χ3n) is 3.82. The standard InChI is InChI=1S/C19H19N3O4S2/c23-19(13-27-10-15-2-1-3-16(8-15)22(24)25)21-20-9-14-4-6-17(7-5-14)26-18-11-28-12-18/h1-9,18H,10-13H2,(H,21,23)/b20-9-. The Bertz CT molecular complexity index is 855. The SMILES string of the molecule is O=C(CSCc1cccc([N+](=O)[O-])c1)N/N=C\c1ccc(OC2CSC2)cc1. The lowest BCUT2D eigenvalue weighted by molar-refractivity contribution is -0.384. The smallest absolute Gasteiger partial charge is 0.269 e. The van der Waals surface area contributed by atoms with Crippen molar-refractivity contribution in [2.45, 2.75) is 11.9 Å². The zero-order chi connectivity index (χ0) is 19.8. The van der Waals surface area contributed by atoms with Crippen LogP contribution in [0, 0.1) is 10.1 Å². The average molecular weight is 418 g/mol. The van der Waals surface area contributed by atoms with Crippen molar-refractivity contribution in [1.29, 1.82) is 0 Å². The summed E-state index contributed by atoms with van der Waals surface area (Å²) in [4.78, 5) is 22.2. The molecule has 0 spiro atoms. The van der Waals surface area contributed by atoms with E-state index in [1.807, 2.05) is 36.0 Å². The summed E-state index contributed by atoms with van der Waals surface area (Å²) in [5, 5.41) is 14.7. The number of benzene rings is 2. The van der Waals surface area contributed by atoms with Gasteiger partial charge in [-0.2, -0.15) is 16.9 Å². The number of hydrogen-bond donors (Lipinski definition) is 1. The number of hydrogen-bond acceptors (Lipinski definition) is 7. The predicted octanol–water partition coefficient (Wildman–Crippen LogP) is 3.47. The molecule has 1 heterocycles. The number of nitro groups is 1. The Hall–Kier alpha value is -2.52. The molecule has 0 saturated carbocycles. The van der Waals surface area contributed by atoms with Crippen LogP contribution in [0.15, 0.2) is 53.6 Å². The Kier molecular flexibility index (Phi) is 7.32. The first-order valence-corrected chi connectivity index (χ1v) is 10.9. The van der Waals surface area contributed by atoms with Crippen LogP contribution >= 0.6 is 23.5 Å². The number of nitrogens with one attached hydrogen (secondary N) is 1. The Morgan fingerprint density at radius 3 is 2.79 bits per heavy atom. The first kappa shape index (κ1) is 20.2. The molecule has 7 nitrogen and oxygen atoms in total. The van der Waals surface area contributed by atoms with Crippen molar-refractivity contribution >= 4 is 41.3 Å². The number of hydrazone groups is 1. The zero-order valence-electron chi connectivity index (χ0n) is 14.9. The third-order valence-corrected chi connectivity index (χ3v) is 6.04. The lowest BCUT2D eigenvalue weighted by Gasteiger charge is -2.25. The highest BCUT2D eigenvalue weighted by Gasteiger charge is 2.19. The van der Waals surface area contributed by atoms with Crippen LogP contribution < -0.4 is 10.2 Å². The van der Waals surface area contributed by atoms with Crippen LogP contribution in [0.25, 0.3) is 0 Å². The minimum Gasteiger partial charge on any atom is -0.489 e. The van der Waals surface area contributed by atoms with Crippen LogP contribution in [0.4, 0.5) is 5.69 Å². The molecule has 9 heteroatoms. The third kappa shape index (κ3) is 6.28. The van der Waals surface area contributed by atoms with E-state index in [0.29, 0.717) is 11.9 Å². The number of non-ortho nitro benzene ring substituents is 1. The molecule has 0 atom stereocenters. The molecule has 0 aliphatic carbocycles. The van der Waals surface area contributed by atoms with Crippen LogP contribution in [0.2, 0.25) is 0 Å². The molecule has 0 aromatic heterocycles. The summed E-state index contributed by atoms with van der Waals surface area (Å²) in [5.74, 6) is 3.41. The van der Waals surface area contributed by atoms with Gasteiger partial charge in [-0.05, 0) is 35.4 Å². The molecule has 1 aliphatic rings. The van der Waals surface area contributed by atoms with Gasteiger partial charge in [-0.1, -0.05) is 12.1 Å². The van der Waals surface area contributed by atoms with Crippen LogP contribution in [-0.4, -0.2) is 40.4 Å². The van der Waals surface area contributed by atoms with Gasteiger partial charge in [0.25, 0.3) is 5.69 Å². The van der Waals surface area contributed by atoms with Gasteiger partial charge in [0.05, 0.1) is 16.9 Å². The van der Waals surface area contributed by atoms with Gasteiger partial charge in [-0.3, -0.25) is 14.9 Å². The fraction of sp³-hybridized carbons (Fsp3) is 0.263. The lowest BCUT2D eigenvalue weighted by atomic mass is 10.2. The number of rotatable bonds is 9. The minimum absolute atomic E-state index is 0.0511. The number of thioether (sulfide) groups is 2. The van der Waals surface area contributed by atoms with Gasteiger partial charge >= 0.3 is 0 Å². The number of amides is 1. The largest absolute Gasteiger partial charge is 0.489 e. The highest BCUT2D eigenvalue weighted by atomic mass is 32.2. The molecule has 0 radical (unpaired) electrons. The number of nitrogens with zero attached hydrogens (tertiary/aromatic N) is 2. The van der Waals surface area contributed by atoms with E-state index in [-0.39, 0.29) is 17.3 Å². The molecule has 1 saturated heterocycles. The molecule has 1 N–H and O–H groups in total. The van der Waals surface area contributed by atoms with Crippen LogP contribution in [0.5, 0.6) is 5.75 Å². The molecule has 1 fully saturated rings. The summed E-state index contributed by atoms with van der Waals surface area (Å²) in [7, 11) is 0. The minimum atomic E-state index is -0.430. The summed E-state index contributed by atoms with van der Waals surface area (Å²) >= 11 is 3.24. The van der Waals surface area contributed by atoms with E-state index in [9.17, 15) is 14.9 Å². The highest BCUT2D eigenvalue weighted by Crippen LogP contribution is 2.23. The number of carbonyl (C=O) groups is 1. The van der Waals surface area contributed by atoms with Crippen molar-refractivity contribution in [2.75, 3.05) is 17.3 Å². The second-order valence-electron chi connectivity index (χ2n) is 6.06. The second kappa shape index (κ2) is 10.1. The van der Waals surface area contributed by atoms with Crippen molar-refractivity contribution in [3.63, 3.8) is 0 Å². The van der Waals surface area contributed by atoms with E-state index in [1.165, 1.54) is 23.9 Å². The van der Waals surface area contributed by atoms with Crippen LogP contribution in [-0.2, 0) is 10.5 Å². The van der Waals surface area contributed by atoms with Gasteiger partial charge in [0.2, 0.25) is 5.91 Å². The molecule has 2 aromatic rings. The summed E-state index contributed by atoms with van der Waals surface area (Å²) in [6, 6.07) is 13.9. The zero-order valence-corrected chi connectivity index (χ0v) is 16.6. The summed E-state index contributed by atoms with van der Waals surface area (Å²) < 4.78 is 5.77. The fourth-order valence-corrected chi connectivity index (χ4v) is 3.67. The van der Waals surface area contributed by atoms with Gasteiger partial charge in [-0.15, -0.1) is 11.8 Å². The summed E-state index contributed by atoms with van der Waals surface area (Å²) in [5.41, 5.74) is 4.20. The van der Waals surface area contributed by atoms with E-state index in [0.717, 1.165) is 28.4 Å². The van der Waals surface area contributed by atoms with Crippen LogP contribution in [0.1, 0.15) is 11.1 Å². The van der Waals surface area contributed by atoms with Crippen molar-refractivity contribution in [3.8, 4) is 5.75 Å². The highest BCUT2D eigenvalue weighted by molar-refractivity contribution is 8.00. The average Bonchev–Trinajstić information content (AvgIpc) is 2.66. The molecule has 0 bridgehead atoms. The predicted molar refractivity (Wildman–Crippen MR) is 113 cm³/mol. The van der Waals surface area contributed by atoms with Crippen molar-refractivity contribution in [2.24, 2.45) is 5.10 Å². The van der Waals surface area contributed by atoms with E-state index in [4.69, 9.17) is 4.74 Å². The Balaban J connectivity index is 1.37. The molecular formula is C19H19N3O4S2. The van der Waals surface area contributed by atoms with E-state index >= 15 is 0 Å². The molecule has 28 heavy (non-hydrogen) atoms. The van der Waals surface area contributed by atoms with Gasteiger partial charge in [0.15, 0.2) is 0 Å². The molecule has 146 valence electrons. The Morgan fingerprint density at radius 1 is 1.32 bits per heavy atom. The number of nitro benzene ring substituents is 1. The molecule has 3 rings (SSSR count). The topological polar surface area (TPSA) is 93.8 Å². The van der Waals surface area contributed by atoms with Crippen molar-refractivity contribution in [1.82, 2.24) is 5.43 Å². The van der Waals surface area contributed by atoms with Crippen molar-refractivity contribution in [3.05, 3.63) is 69.8 Å². The maximum Gasteiger partial charge on any atom is 0.269 e. The van der Waals surface area contributed by atoms with Gasteiger partial charge in [-0.25, -0.2) is 5.43 Å². The Morgan fingerprint density at radius 2 is 2.11 bits per heavy atom. The molecule has 2 aromatic carbocycles. The quantitative estimate of drug-likeness (QED) is 0.381. The molecule has 0 unspecified atom stereocenters.